The van der Waals surface area contributed by atoms with E-state index in [9.17, 15) is 9.59 Å². The van der Waals surface area contributed by atoms with Crippen molar-refractivity contribution in [1.29, 1.82) is 0 Å². The highest BCUT2D eigenvalue weighted by Gasteiger charge is 2.34. The second-order valence-electron chi connectivity index (χ2n) is 5.19. The molecule has 1 heterocycles. The Morgan fingerprint density at radius 3 is 2.73 bits per heavy atom. The van der Waals surface area contributed by atoms with E-state index in [2.05, 4.69) is 6.58 Å². The van der Waals surface area contributed by atoms with Crippen LogP contribution in [0.25, 0.3) is 6.08 Å². The lowest BCUT2D eigenvalue weighted by Gasteiger charge is -2.13. The number of hydrogen-bond acceptors (Lipinski definition) is 6. The van der Waals surface area contributed by atoms with Crippen LogP contribution in [-0.4, -0.2) is 49.5 Å². The van der Waals surface area contributed by atoms with Gasteiger partial charge in [0.2, 0.25) is 0 Å². The smallest absolute Gasteiger partial charge is 0.293 e. The molecular weight excluding hydrogens is 378 g/mol. The lowest BCUT2D eigenvalue weighted by atomic mass is 10.1. The Bertz CT molecular complexity index is 735. The van der Waals surface area contributed by atoms with Crippen LogP contribution in [0.4, 0.5) is 4.79 Å². The van der Waals surface area contributed by atoms with E-state index in [1.807, 2.05) is 6.92 Å². The van der Waals surface area contributed by atoms with E-state index in [1.54, 1.807) is 24.3 Å². The van der Waals surface area contributed by atoms with Crippen molar-refractivity contribution >= 4 is 40.6 Å². The van der Waals surface area contributed by atoms with Crippen LogP contribution in [-0.2, 0) is 9.53 Å². The van der Waals surface area contributed by atoms with E-state index >= 15 is 0 Å². The van der Waals surface area contributed by atoms with Crippen molar-refractivity contribution in [3.63, 3.8) is 0 Å². The quantitative estimate of drug-likeness (QED) is 0.463. The van der Waals surface area contributed by atoms with E-state index in [4.69, 9.17) is 25.8 Å². The van der Waals surface area contributed by atoms with Gasteiger partial charge in [0.1, 0.15) is 6.61 Å². The molecule has 140 valence electrons. The summed E-state index contributed by atoms with van der Waals surface area (Å²) in [5.41, 5.74) is 0.640. The fraction of sp³-hybridized carbons (Fsp3) is 0.333. The fourth-order valence-electron chi connectivity index (χ4n) is 2.24. The number of rotatable bonds is 9. The minimum atomic E-state index is -0.349. The highest BCUT2D eigenvalue weighted by atomic mass is 35.5. The number of carbonyl (C=O) groups is 2. The summed E-state index contributed by atoms with van der Waals surface area (Å²) >= 11 is 7.18. The molecule has 0 spiro atoms. The Labute approximate surface area is 161 Å². The predicted octanol–water partition coefficient (Wildman–Crippen LogP) is 3.99. The topological polar surface area (TPSA) is 65.1 Å². The summed E-state index contributed by atoms with van der Waals surface area (Å²) in [5, 5.41) is 0.0306. The van der Waals surface area contributed by atoms with Crippen molar-refractivity contribution in [2.24, 2.45) is 0 Å². The molecule has 26 heavy (non-hydrogen) atoms. The molecule has 2 amide bonds. The molecule has 1 aromatic rings. The van der Waals surface area contributed by atoms with Crippen LogP contribution in [0.1, 0.15) is 12.5 Å². The van der Waals surface area contributed by atoms with E-state index in [1.165, 1.54) is 7.11 Å². The minimum absolute atomic E-state index is 0.220. The fourth-order valence-corrected chi connectivity index (χ4v) is 3.38. The zero-order chi connectivity index (χ0) is 19.1. The van der Waals surface area contributed by atoms with Gasteiger partial charge in [0.05, 0.1) is 29.7 Å². The number of thioether (sulfide) groups is 1. The summed E-state index contributed by atoms with van der Waals surface area (Å²) in [7, 11) is 1.52. The maximum Gasteiger partial charge on any atom is 0.293 e. The molecule has 6 nitrogen and oxygen atoms in total. The molecule has 0 N–H and O–H groups in total. The first-order chi connectivity index (χ1) is 12.5. The number of nitrogens with zero attached hydrogens (tertiary/aromatic N) is 1. The maximum absolute atomic E-state index is 12.4. The minimum Gasteiger partial charge on any atom is -0.490 e. The molecule has 1 aliphatic heterocycles. The number of imide groups is 1. The van der Waals surface area contributed by atoms with Gasteiger partial charge in [-0.15, -0.1) is 0 Å². The average molecular weight is 398 g/mol. The van der Waals surface area contributed by atoms with E-state index in [0.717, 1.165) is 16.7 Å². The second-order valence-corrected chi connectivity index (χ2v) is 6.59. The van der Waals surface area contributed by atoms with Crippen molar-refractivity contribution in [3.8, 4) is 11.5 Å². The van der Waals surface area contributed by atoms with Gasteiger partial charge < -0.3 is 14.2 Å². The SMILES string of the molecule is C=CCOc1c(Cl)cc(/C=C2/SC(=O)N(CCOC)C2=O)cc1OCC. The Kier molecular flexibility index (Phi) is 7.56. The number of carbonyl (C=O) groups excluding carboxylic acids is 2. The molecule has 1 aromatic carbocycles. The van der Waals surface area contributed by atoms with Crippen molar-refractivity contribution < 1.29 is 23.8 Å². The molecule has 1 fully saturated rings. The Hall–Kier alpha value is -1.96. The Morgan fingerprint density at radius 2 is 2.08 bits per heavy atom. The van der Waals surface area contributed by atoms with E-state index in [0.29, 0.717) is 40.2 Å². The molecule has 0 aromatic heterocycles. The van der Waals surface area contributed by atoms with Gasteiger partial charge in [-0.25, -0.2) is 0 Å². The number of ether oxygens (including phenoxy) is 3. The van der Waals surface area contributed by atoms with Gasteiger partial charge in [0.25, 0.3) is 11.1 Å². The molecule has 0 saturated carbocycles. The van der Waals surface area contributed by atoms with Crippen LogP contribution in [0, 0.1) is 0 Å². The molecule has 8 heteroatoms. The van der Waals surface area contributed by atoms with Crippen LogP contribution in [0.2, 0.25) is 5.02 Å². The molecule has 0 aliphatic carbocycles. The molecule has 0 radical (unpaired) electrons. The number of methoxy groups -OCH3 is 1. The number of amides is 2. The lowest BCUT2D eigenvalue weighted by Crippen LogP contribution is -2.31. The first-order valence-corrected chi connectivity index (χ1v) is 9.15. The zero-order valence-corrected chi connectivity index (χ0v) is 16.2. The molecule has 2 rings (SSSR count). The third kappa shape index (κ3) is 4.81. The summed E-state index contributed by atoms with van der Waals surface area (Å²) < 4.78 is 16.1. The third-order valence-corrected chi connectivity index (χ3v) is 4.56. The summed E-state index contributed by atoms with van der Waals surface area (Å²) in [5.74, 6) is 0.531. The standard InChI is InChI=1S/C18H20ClNO5S/c1-4-7-25-16-13(19)9-12(10-14(16)24-5-2)11-15-17(21)20(6-8-23-3)18(22)26-15/h4,9-11H,1,5-8H2,2-3H3/b15-11+. The van der Waals surface area contributed by atoms with E-state index < -0.39 is 0 Å². The van der Waals surface area contributed by atoms with E-state index in [-0.39, 0.29) is 24.3 Å². The van der Waals surface area contributed by atoms with Crippen molar-refractivity contribution in [3.05, 3.63) is 40.3 Å². The van der Waals surface area contributed by atoms with Gasteiger partial charge in [0.15, 0.2) is 11.5 Å². The maximum atomic E-state index is 12.4. The summed E-state index contributed by atoms with van der Waals surface area (Å²) in [6, 6.07) is 3.38. The molecule has 1 aliphatic rings. The van der Waals surface area contributed by atoms with Crippen molar-refractivity contribution in [2.75, 3.05) is 33.5 Å². The Morgan fingerprint density at radius 1 is 1.31 bits per heavy atom. The van der Waals surface area contributed by atoms with Crippen LogP contribution in [0.15, 0.2) is 29.7 Å². The largest absolute Gasteiger partial charge is 0.490 e. The van der Waals surface area contributed by atoms with Crippen LogP contribution < -0.4 is 9.47 Å². The van der Waals surface area contributed by atoms with Gasteiger partial charge in [-0.05, 0) is 42.5 Å². The number of benzene rings is 1. The van der Waals surface area contributed by atoms with Gasteiger partial charge in [-0.3, -0.25) is 14.5 Å². The van der Waals surface area contributed by atoms with Crippen LogP contribution >= 0.6 is 23.4 Å². The van der Waals surface area contributed by atoms with Crippen LogP contribution in [0.5, 0.6) is 11.5 Å². The average Bonchev–Trinajstić information content (AvgIpc) is 2.86. The molecule has 0 bridgehead atoms. The van der Waals surface area contributed by atoms with Gasteiger partial charge in [-0.1, -0.05) is 24.3 Å². The second kappa shape index (κ2) is 9.66. The summed E-state index contributed by atoms with van der Waals surface area (Å²) in [6.07, 6.45) is 3.22. The molecule has 0 unspecified atom stereocenters. The van der Waals surface area contributed by atoms with Gasteiger partial charge in [0, 0.05) is 7.11 Å². The molecule has 0 atom stereocenters. The van der Waals surface area contributed by atoms with Gasteiger partial charge in [-0.2, -0.15) is 0 Å². The highest BCUT2D eigenvalue weighted by molar-refractivity contribution is 8.18. The number of halogens is 1. The van der Waals surface area contributed by atoms with Crippen LogP contribution in [0.3, 0.4) is 0 Å². The molecular formula is C18H20ClNO5S. The highest BCUT2D eigenvalue weighted by Crippen LogP contribution is 2.39. The molecule has 1 saturated heterocycles. The normalized spacial score (nSPS) is 15.7. The zero-order valence-electron chi connectivity index (χ0n) is 14.6. The summed E-state index contributed by atoms with van der Waals surface area (Å²) in [4.78, 5) is 25.9. The third-order valence-electron chi connectivity index (χ3n) is 3.37. The monoisotopic (exact) mass is 397 g/mol. The predicted molar refractivity (Wildman–Crippen MR) is 103 cm³/mol. The van der Waals surface area contributed by atoms with Crippen molar-refractivity contribution in [2.45, 2.75) is 6.92 Å². The first-order valence-electron chi connectivity index (χ1n) is 7.96. The van der Waals surface area contributed by atoms with Crippen molar-refractivity contribution in [1.82, 2.24) is 4.90 Å². The Balaban J connectivity index is 2.31. The lowest BCUT2D eigenvalue weighted by molar-refractivity contribution is -0.123. The van der Waals surface area contributed by atoms with Gasteiger partial charge >= 0.3 is 0 Å². The first kappa shape index (κ1) is 20.4. The summed E-state index contributed by atoms with van der Waals surface area (Å²) in [6.45, 7) is 6.68. The number of hydrogen-bond donors (Lipinski definition) is 0.